The molecule has 0 aliphatic rings. The molecule has 0 aliphatic heterocycles. The third kappa shape index (κ3) is 10.6. The van der Waals surface area contributed by atoms with Crippen molar-refractivity contribution in [2.24, 2.45) is 0 Å². The van der Waals surface area contributed by atoms with Gasteiger partial charge in [-0.05, 0) is 50.3 Å². The molecule has 4 nitrogen and oxygen atoms in total. The van der Waals surface area contributed by atoms with Gasteiger partial charge in [0.25, 0.3) is 0 Å². The molecule has 0 spiro atoms. The monoisotopic (exact) mass is 386 g/mol. The Morgan fingerprint density at radius 3 is 1.33 bits per heavy atom. The van der Waals surface area contributed by atoms with Crippen molar-refractivity contribution in [2.75, 3.05) is 0 Å². The van der Waals surface area contributed by atoms with E-state index >= 15 is 0 Å². The van der Waals surface area contributed by atoms with Crippen LogP contribution in [-0.4, -0.2) is 0 Å². The second kappa shape index (κ2) is 14.2. The molecule has 0 bridgehead atoms. The fourth-order valence-electron chi connectivity index (χ4n) is 1.63. The molecule has 0 radical (unpaired) electrons. The van der Waals surface area contributed by atoms with Gasteiger partial charge < -0.3 is 13.6 Å². The molecule has 0 aliphatic carbocycles. The summed E-state index contributed by atoms with van der Waals surface area (Å²) in [4.78, 5) is 0. The second-order valence-corrected chi connectivity index (χ2v) is 6.17. The Bertz CT molecular complexity index is 706. The van der Waals surface area contributed by atoms with Gasteiger partial charge in [0.2, 0.25) is 0 Å². The molecule has 0 rings (SSSR count). The minimum absolute atomic E-state index is 0.227. The third-order valence-corrected chi connectivity index (χ3v) is 3.86. The zero-order valence-electron chi connectivity index (χ0n) is 15.9. The number of rotatable bonds is 13. The molecular formula is C22H27O4P. The summed E-state index contributed by atoms with van der Waals surface area (Å²) in [5.41, 5.74) is 0. The van der Waals surface area contributed by atoms with Crippen LogP contribution < -0.4 is 0 Å². The molecule has 0 atom stereocenters. The van der Waals surface area contributed by atoms with E-state index in [9.17, 15) is 4.57 Å². The summed E-state index contributed by atoms with van der Waals surface area (Å²) in [7, 11) is -4.11. The van der Waals surface area contributed by atoms with Crippen molar-refractivity contribution in [1.29, 1.82) is 0 Å². The van der Waals surface area contributed by atoms with Gasteiger partial charge in [-0.2, -0.15) is 4.57 Å². The van der Waals surface area contributed by atoms with E-state index in [-0.39, 0.29) is 17.3 Å². The lowest BCUT2D eigenvalue weighted by Gasteiger charge is -2.20. The van der Waals surface area contributed by atoms with Gasteiger partial charge in [0.15, 0.2) is 0 Å². The van der Waals surface area contributed by atoms with Crippen LogP contribution in [0.2, 0.25) is 0 Å². The normalized spacial score (nSPS) is 13.8. The van der Waals surface area contributed by atoms with Crippen molar-refractivity contribution in [2.45, 2.75) is 13.8 Å². The van der Waals surface area contributed by atoms with Gasteiger partial charge in [-0.3, -0.25) is 0 Å². The highest BCUT2D eigenvalue weighted by molar-refractivity contribution is 7.48. The summed E-state index contributed by atoms with van der Waals surface area (Å²) in [6, 6.07) is 0. The lowest BCUT2D eigenvalue weighted by atomic mass is 10.4. The van der Waals surface area contributed by atoms with Crippen molar-refractivity contribution >= 4 is 7.82 Å². The maximum Gasteiger partial charge on any atom is 0.647 e. The molecule has 0 heterocycles. The topological polar surface area (TPSA) is 44.8 Å². The van der Waals surface area contributed by atoms with E-state index in [1.165, 1.54) is 24.3 Å². The quantitative estimate of drug-likeness (QED) is 0.190. The average molecular weight is 386 g/mol. The smallest absolute Gasteiger partial charge is 0.386 e. The molecule has 144 valence electrons. The van der Waals surface area contributed by atoms with Gasteiger partial charge in [0.05, 0.1) is 0 Å². The molecule has 0 N–H and O–H groups in total. The summed E-state index contributed by atoms with van der Waals surface area (Å²) >= 11 is 0. The molecule has 0 saturated heterocycles. The number of allylic oxidation sites excluding steroid dienone is 13. The number of phosphoric ester groups is 1. The molecule has 0 aromatic carbocycles. The predicted octanol–water partition coefficient (Wildman–Crippen LogP) is 7.25. The highest BCUT2D eigenvalue weighted by atomic mass is 31.2. The van der Waals surface area contributed by atoms with Crippen LogP contribution in [0.4, 0.5) is 0 Å². The minimum atomic E-state index is -4.11. The molecular weight excluding hydrogens is 359 g/mol. The summed E-state index contributed by atoms with van der Waals surface area (Å²) in [5, 5.41) is 0. The highest BCUT2D eigenvalue weighted by Crippen LogP contribution is 2.55. The van der Waals surface area contributed by atoms with Crippen LogP contribution in [0.15, 0.2) is 123 Å². The van der Waals surface area contributed by atoms with Crippen molar-refractivity contribution < 1.29 is 18.1 Å². The molecule has 5 heteroatoms. The largest absolute Gasteiger partial charge is 0.647 e. The first-order chi connectivity index (χ1) is 13.0. The molecule has 27 heavy (non-hydrogen) atoms. The van der Waals surface area contributed by atoms with Gasteiger partial charge in [-0.15, -0.1) is 0 Å². The lowest BCUT2D eigenvalue weighted by Crippen LogP contribution is -1.99. The fourth-order valence-corrected chi connectivity index (χ4v) is 2.88. The third-order valence-electron chi connectivity index (χ3n) is 2.56. The van der Waals surface area contributed by atoms with Crippen molar-refractivity contribution in [1.82, 2.24) is 0 Å². The Kier molecular flexibility index (Phi) is 12.7. The SMILES string of the molecule is C=C/C=C\C(=C/C=C)OP(=O)(OC(/C=C\C)=C/C=C)OC(/C=C\C)=C/C=C. The molecule has 0 aromatic rings. The second-order valence-electron chi connectivity index (χ2n) is 4.73. The summed E-state index contributed by atoms with van der Waals surface area (Å²) in [6.45, 7) is 18.0. The fraction of sp³-hybridized carbons (Fsp3) is 0.0909. The molecule has 0 unspecified atom stereocenters. The van der Waals surface area contributed by atoms with Crippen molar-refractivity contribution in [3.63, 3.8) is 0 Å². The standard InChI is InChI=1S/C22H27O4P/c1-7-13-19-22(18-12-6)26-27(23,24-20(14-8-2)15-9-3)25-21(16-10-4)17-11-5/h7-19H,1-2,4,6H2,3,5H3/b15-9-,17-11-,19-13-,20-14+,21-16+,22-18+. The number of hydrogen-bond donors (Lipinski definition) is 0. The van der Waals surface area contributed by atoms with E-state index in [0.717, 1.165) is 0 Å². The molecule has 0 saturated carbocycles. The first-order valence-corrected chi connectivity index (χ1v) is 9.66. The summed E-state index contributed by atoms with van der Waals surface area (Å²) in [6.07, 6.45) is 20.5. The lowest BCUT2D eigenvalue weighted by molar-refractivity contribution is 0.205. The maximum atomic E-state index is 13.4. The first kappa shape index (κ1) is 24.0. The van der Waals surface area contributed by atoms with E-state index in [2.05, 4.69) is 26.3 Å². The maximum absolute atomic E-state index is 13.4. The van der Waals surface area contributed by atoms with Crippen LogP contribution in [0.25, 0.3) is 0 Å². The van der Waals surface area contributed by atoms with Crippen molar-refractivity contribution in [3.05, 3.63) is 123 Å². The van der Waals surface area contributed by atoms with E-state index < -0.39 is 7.82 Å². The average Bonchev–Trinajstić information content (AvgIpc) is 2.60. The zero-order chi connectivity index (χ0) is 20.5. The predicted molar refractivity (Wildman–Crippen MR) is 115 cm³/mol. The van der Waals surface area contributed by atoms with Crippen molar-refractivity contribution in [3.8, 4) is 0 Å². The molecule has 0 fully saturated rings. The van der Waals surface area contributed by atoms with Crippen LogP contribution in [0, 0.1) is 0 Å². The van der Waals surface area contributed by atoms with E-state index in [4.69, 9.17) is 13.6 Å². The van der Waals surface area contributed by atoms with Gasteiger partial charge in [-0.25, -0.2) is 0 Å². The highest BCUT2D eigenvalue weighted by Gasteiger charge is 2.34. The Labute approximate surface area is 162 Å². The minimum Gasteiger partial charge on any atom is -0.386 e. The van der Waals surface area contributed by atoms with Gasteiger partial charge >= 0.3 is 7.82 Å². The Morgan fingerprint density at radius 2 is 1.04 bits per heavy atom. The summed E-state index contributed by atoms with van der Waals surface area (Å²) < 4.78 is 30.1. The first-order valence-electron chi connectivity index (χ1n) is 8.20. The van der Waals surface area contributed by atoms with Crippen LogP contribution >= 0.6 is 7.82 Å². The van der Waals surface area contributed by atoms with Crippen LogP contribution in [-0.2, 0) is 18.1 Å². The van der Waals surface area contributed by atoms with E-state index in [1.807, 2.05) is 0 Å². The van der Waals surface area contributed by atoms with Crippen LogP contribution in [0.1, 0.15) is 13.8 Å². The molecule has 0 amide bonds. The number of phosphoric acid groups is 1. The Balaban J connectivity index is 6.07. The Hall–Kier alpha value is -2.97. The van der Waals surface area contributed by atoms with E-state index in [1.54, 1.807) is 68.5 Å². The van der Waals surface area contributed by atoms with Crippen LogP contribution in [0.5, 0.6) is 0 Å². The summed E-state index contributed by atoms with van der Waals surface area (Å²) in [5.74, 6) is 0.755. The van der Waals surface area contributed by atoms with E-state index in [0.29, 0.717) is 0 Å². The molecule has 0 aromatic heterocycles. The van der Waals surface area contributed by atoms with Gasteiger partial charge in [0, 0.05) is 0 Å². The van der Waals surface area contributed by atoms with Gasteiger partial charge in [-0.1, -0.05) is 68.8 Å². The van der Waals surface area contributed by atoms with Crippen LogP contribution in [0.3, 0.4) is 0 Å². The Morgan fingerprint density at radius 1 is 0.667 bits per heavy atom. The zero-order valence-corrected chi connectivity index (χ0v) is 16.8. The number of hydrogen-bond acceptors (Lipinski definition) is 4. The van der Waals surface area contributed by atoms with Gasteiger partial charge in [0.1, 0.15) is 17.3 Å².